The summed E-state index contributed by atoms with van der Waals surface area (Å²) in [4.78, 5) is 6.73. The van der Waals surface area contributed by atoms with Crippen LogP contribution in [0.2, 0.25) is 0 Å². The van der Waals surface area contributed by atoms with Gasteiger partial charge in [-0.2, -0.15) is 4.98 Å². The number of halogens is 1. The molecule has 4 nitrogen and oxygen atoms in total. The van der Waals surface area contributed by atoms with E-state index in [0.29, 0.717) is 0 Å². The first-order chi connectivity index (χ1) is 8.33. The molecule has 1 aromatic carbocycles. The lowest BCUT2D eigenvalue weighted by Crippen LogP contribution is -2.27. The zero-order valence-electron chi connectivity index (χ0n) is 9.45. The molecule has 1 aliphatic heterocycles. The molecule has 1 aromatic heterocycles. The summed E-state index contributed by atoms with van der Waals surface area (Å²) in [6.07, 6.45) is 1.13. The lowest BCUT2D eigenvalue weighted by Gasteiger charge is -2.16. The van der Waals surface area contributed by atoms with Gasteiger partial charge in [0.2, 0.25) is 0 Å². The average molecular weight is 296 g/mol. The molecule has 5 heteroatoms. The number of rotatable bonds is 1. The lowest BCUT2D eigenvalue weighted by atomic mass is 10.3. The highest BCUT2D eigenvalue weighted by Gasteiger charge is 2.15. The summed E-state index contributed by atoms with van der Waals surface area (Å²) in [6, 6.07) is 6.66. The first kappa shape index (κ1) is 11.0. The van der Waals surface area contributed by atoms with Gasteiger partial charge in [-0.05, 0) is 31.2 Å². The smallest absolute Gasteiger partial charge is 0.298 e. The van der Waals surface area contributed by atoms with Crippen LogP contribution in [0.1, 0.15) is 6.42 Å². The van der Waals surface area contributed by atoms with E-state index in [9.17, 15) is 0 Å². The van der Waals surface area contributed by atoms with E-state index in [1.54, 1.807) is 0 Å². The minimum absolute atomic E-state index is 0.738. The predicted octanol–water partition coefficient (Wildman–Crippen LogP) is 2.39. The maximum atomic E-state index is 5.80. The molecule has 1 fully saturated rings. The maximum Gasteiger partial charge on any atom is 0.298 e. The maximum absolute atomic E-state index is 5.80. The van der Waals surface area contributed by atoms with Crippen LogP contribution >= 0.6 is 15.9 Å². The monoisotopic (exact) mass is 295 g/mol. The lowest BCUT2D eigenvalue weighted by molar-refractivity contribution is 0.571. The number of nitrogens with one attached hydrogen (secondary N) is 1. The highest BCUT2D eigenvalue weighted by molar-refractivity contribution is 9.10. The van der Waals surface area contributed by atoms with Crippen molar-refractivity contribution in [1.29, 1.82) is 0 Å². The molecule has 0 aliphatic carbocycles. The Morgan fingerprint density at radius 1 is 1.29 bits per heavy atom. The molecule has 0 atom stereocenters. The van der Waals surface area contributed by atoms with Crippen LogP contribution in [0.5, 0.6) is 0 Å². The molecule has 3 rings (SSSR count). The number of anilines is 1. The van der Waals surface area contributed by atoms with Gasteiger partial charge in [0.05, 0.1) is 0 Å². The molecular weight excluding hydrogens is 282 g/mol. The van der Waals surface area contributed by atoms with E-state index in [2.05, 4.69) is 31.1 Å². The molecular formula is C12H14BrN3O. The highest BCUT2D eigenvalue weighted by atomic mass is 79.9. The van der Waals surface area contributed by atoms with E-state index in [-0.39, 0.29) is 0 Å². The average Bonchev–Trinajstić information content (AvgIpc) is 2.57. The number of hydrogen-bond donors (Lipinski definition) is 1. The van der Waals surface area contributed by atoms with Gasteiger partial charge in [0, 0.05) is 24.1 Å². The van der Waals surface area contributed by atoms with Crippen molar-refractivity contribution in [2.75, 3.05) is 31.1 Å². The zero-order valence-corrected chi connectivity index (χ0v) is 11.0. The van der Waals surface area contributed by atoms with E-state index < -0.39 is 0 Å². The van der Waals surface area contributed by atoms with Gasteiger partial charge in [-0.1, -0.05) is 15.9 Å². The fourth-order valence-electron chi connectivity index (χ4n) is 2.06. The second kappa shape index (κ2) is 4.66. The van der Waals surface area contributed by atoms with E-state index in [4.69, 9.17) is 4.42 Å². The number of oxazole rings is 1. The molecule has 1 aliphatic rings. The minimum Gasteiger partial charge on any atom is -0.423 e. The summed E-state index contributed by atoms with van der Waals surface area (Å²) < 4.78 is 6.82. The Kier molecular flexibility index (Phi) is 3.03. The summed E-state index contributed by atoms with van der Waals surface area (Å²) in [7, 11) is 0. The second-order valence-electron chi connectivity index (χ2n) is 4.20. The number of benzene rings is 1. The van der Waals surface area contributed by atoms with Crippen molar-refractivity contribution in [2.45, 2.75) is 6.42 Å². The summed E-state index contributed by atoms with van der Waals surface area (Å²) in [6.45, 7) is 4.01. The Hall–Kier alpha value is -1.07. The van der Waals surface area contributed by atoms with Gasteiger partial charge in [-0.15, -0.1) is 0 Å². The quantitative estimate of drug-likeness (QED) is 0.877. The largest absolute Gasteiger partial charge is 0.423 e. The third-order valence-corrected chi connectivity index (χ3v) is 3.44. The van der Waals surface area contributed by atoms with Crippen molar-refractivity contribution in [3.8, 4) is 0 Å². The number of hydrogen-bond acceptors (Lipinski definition) is 4. The SMILES string of the molecule is Brc1ccc2nc(N3CCCNCC3)oc2c1. The Morgan fingerprint density at radius 3 is 3.18 bits per heavy atom. The summed E-state index contributed by atoms with van der Waals surface area (Å²) in [5, 5.41) is 3.37. The molecule has 1 N–H and O–H groups in total. The van der Waals surface area contributed by atoms with Crippen molar-refractivity contribution >= 4 is 33.0 Å². The van der Waals surface area contributed by atoms with Crippen LogP contribution in [0.3, 0.4) is 0 Å². The third kappa shape index (κ3) is 2.30. The van der Waals surface area contributed by atoms with Crippen LogP contribution in [0, 0.1) is 0 Å². The van der Waals surface area contributed by atoms with Crippen molar-refractivity contribution in [2.24, 2.45) is 0 Å². The van der Waals surface area contributed by atoms with E-state index in [1.807, 2.05) is 18.2 Å². The van der Waals surface area contributed by atoms with E-state index >= 15 is 0 Å². The van der Waals surface area contributed by atoms with Crippen LogP contribution in [0.15, 0.2) is 27.1 Å². The van der Waals surface area contributed by atoms with Crippen LogP contribution in [-0.2, 0) is 0 Å². The number of nitrogens with zero attached hydrogens (tertiary/aromatic N) is 2. The predicted molar refractivity (Wildman–Crippen MR) is 71.4 cm³/mol. The molecule has 2 aromatic rings. The van der Waals surface area contributed by atoms with Crippen LogP contribution in [-0.4, -0.2) is 31.2 Å². The van der Waals surface area contributed by atoms with Crippen molar-refractivity contribution < 1.29 is 4.42 Å². The van der Waals surface area contributed by atoms with Crippen LogP contribution in [0.25, 0.3) is 11.1 Å². The summed E-state index contributed by atoms with van der Waals surface area (Å²) in [5.41, 5.74) is 1.76. The van der Waals surface area contributed by atoms with Gasteiger partial charge in [-0.25, -0.2) is 0 Å². The fourth-order valence-corrected chi connectivity index (χ4v) is 2.40. The standard InChI is InChI=1S/C12H14BrN3O/c13-9-2-3-10-11(8-9)17-12(15-10)16-6-1-4-14-5-7-16/h2-3,8,14H,1,4-7H2. The van der Waals surface area contributed by atoms with Gasteiger partial charge in [-0.3, -0.25) is 0 Å². The summed E-state index contributed by atoms with van der Waals surface area (Å²) >= 11 is 3.44. The molecule has 0 spiro atoms. The Bertz CT molecular complexity index is 517. The second-order valence-corrected chi connectivity index (χ2v) is 5.11. The Balaban J connectivity index is 1.93. The van der Waals surface area contributed by atoms with Crippen LogP contribution < -0.4 is 10.2 Å². The van der Waals surface area contributed by atoms with Gasteiger partial charge in [0.25, 0.3) is 6.01 Å². The third-order valence-electron chi connectivity index (χ3n) is 2.95. The van der Waals surface area contributed by atoms with Gasteiger partial charge < -0.3 is 14.6 Å². The Morgan fingerprint density at radius 2 is 2.24 bits per heavy atom. The van der Waals surface area contributed by atoms with Crippen molar-refractivity contribution in [3.63, 3.8) is 0 Å². The normalized spacial score (nSPS) is 17.4. The molecule has 90 valence electrons. The fraction of sp³-hybridized carbons (Fsp3) is 0.417. The van der Waals surface area contributed by atoms with E-state index in [0.717, 1.165) is 54.2 Å². The van der Waals surface area contributed by atoms with Crippen LogP contribution in [0.4, 0.5) is 6.01 Å². The molecule has 1 saturated heterocycles. The van der Waals surface area contributed by atoms with E-state index in [1.165, 1.54) is 0 Å². The van der Waals surface area contributed by atoms with Gasteiger partial charge >= 0.3 is 0 Å². The molecule has 0 amide bonds. The Labute approximate surface area is 108 Å². The van der Waals surface area contributed by atoms with Crippen molar-refractivity contribution in [3.05, 3.63) is 22.7 Å². The molecule has 2 heterocycles. The van der Waals surface area contributed by atoms with Crippen molar-refractivity contribution in [1.82, 2.24) is 10.3 Å². The van der Waals surface area contributed by atoms with Gasteiger partial charge in [0.15, 0.2) is 5.58 Å². The number of fused-ring (bicyclic) bond motifs is 1. The molecule has 17 heavy (non-hydrogen) atoms. The topological polar surface area (TPSA) is 41.3 Å². The molecule has 0 saturated carbocycles. The molecule has 0 bridgehead atoms. The highest BCUT2D eigenvalue weighted by Crippen LogP contribution is 2.25. The minimum atomic E-state index is 0.738. The first-order valence-electron chi connectivity index (χ1n) is 5.85. The first-order valence-corrected chi connectivity index (χ1v) is 6.64. The number of aromatic nitrogens is 1. The van der Waals surface area contributed by atoms with Gasteiger partial charge in [0.1, 0.15) is 5.52 Å². The zero-order chi connectivity index (χ0) is 11.7. The molecule has 0 radical (unpaired) electrons. The summed E-state index contributed by atoms with van der Waals surface area (Å²) in [5.74, 6) is 0. The molecule has 0 unspecified atom stereocenters.